The predicted octanol–water partition coefficient (Wildman–Crippen LogP) is 4.42. The normalized spacial score (nSPS) is 11.7. The first-order valence-corrected chi connectivity index (χ1v) is 8.17. The molecule has 0 saturated carbocycles. The Labute approximate surface area is 152 Å². The Bertz CT molecular complexity index is 1070. The first kappa shape index (κ1) is 17.0. The molecule has 1 aromatic carbocycles. The molecule has 3 heterocycles. The summed E-state index contributed by atoms with van der Waals surface area (Å²) >= 11 is 0. The number of benzene rings is 1. The number of pyridine rings is 1. The van der Waals surface area contributed by atoms with Crippen molar-refractivity contribution in [2.45, 2.75) is 12.7 Å². The van der Waals surface area contributed by atoms with Crippen molar-refractivity contribution in [3.63, 3.8) is 0 Å². The number of alkyl halides is 3. The van der Waals surface area contributed by atoms with Gasteiger partial charge < -0.3 is 5.32 Å². The minimum absolute atomic E-state index is 0.395. The van der Waals surface area contributed by atoms with Gasteiger partial charge in [0.15, 0.2) is 5.65 Å². The van der Waals surface area contributed by atoms with Gasteiger partial charge >= 0.3 is 6.18 Å². The third-order valence-corrected chi connectivity index (χ3v) is 4.02. The van der Waals surface area contributed by atoms with Gasteiger partial charge in [-0.3, -0.25) is 4.98 Å². The molecule has 0 fully saturated rings. The minimum atomic E-state index is -4.40. The number of nitrogens with one attached hydrogen (secondary N) is 1. The Morgan fingerprint density at radius 3 is 2.63 bits per heavy atom. The molecule has 4 aromatic rings. The van der Waals surface area contributed by atoms with Crippen molar-refractivity contribution in [3.05, 3.63) is 78.2 Å². The van der Waals surface area contributed by atoms with Gasteiger partial charge in [-0.2, -0.15) is 13.2 Å². The van der Waals surface area contributed by atoms with E-state index in [0.29, 0.717) is 29.3 Å². The van der Waals surface area contributed by atoms with Gasteiger partial charge in [0.25, 0.3) is 0 Å². The van der Waals surface area contributed by atoms with Gasteiger partial charge in [0.2, 0.25) is 0 Å². The molecule has 0 spiro atoms. The fourth-order valence-corrected chi connectivity index (χ4v) is 2.70. The van der Waals surface area contributed by atoms with Crippen molar-refractivity contribution in [2.24, 2.45) is 0 Å². The quantitative estimate of drug-likeness (QED) is 0.579. The second-order valence-electron chi connectivity index (χ2n) is 5.89. The Kier molecular flexibility index (Phi) is 4.23. The van der Waals surface area contributed by atoms with E-state index in [1.54, 1.807) is 24.4 Å². The van der Waals surface area contributed by atoms with Crippen molar-refractivity contribution in [2.75, 3.05) is 5.32 Å². The summed E-state index contributed by atoms with van der Waals surface area (Å²) in [5, 5.41) is 7.61. The molecular formula is C19H14F3N5. The Hall–Kier alpha value is -3.42. The fourth-order valence-electron chi connectivity index (χ4n) is 2.70. The van der Waals surface area contributed by atoms with E-state index in [2.05, 4.69) is 20.4 Å². The third kappa shape index (κ3) is 3.59. The zero-order chi connectivity index (χ0) is 18.9. The van der Waals surface area contributed by atoms with Crippen LogP contribution >= 0.6 is 0 Å². The zero-order valence-electron chi connectivity index (χ0n) is 14.0. The van der Waals surface area contributed by atoms with Gasteiger partial charge in [-0.05, 0) is 36.4 Å². The summed E-state index contributed by atoms with van der Waals surface area (Å²) in [7, 11) is 0. The lowest BCUT2D eigenvalue weighted by atomic mass is 10.1. The number of fused-ring (bicyclic) bond motifs is 1. The maximum absolute atomic E-state index is 13.0. The minimum Gasteiger partial charge on any atom is -0.363 e. The molecule has 0 aliphatic heterocycles. The molecule has 0 atom stereocenters. The average Bonchev–Trinajstić information content (AvgIpc) is 3.10. The lowest BCUT2D eigenvalue weighted by Gasteiger charge is -2.09. The smallest absolute Gasteiger partial charge is 0.363 e. The monoisotopic (exact) mass is 369 g/mol. The molecule has 3 aromatic heterocycles. The molecule has 136 valence electrons. The highest BCUT2D eigenvalue weighted by Crippen LogP contribution is 2.32. The van der Waals surface area contributed by atoms with E-state index in [1.807, 2.05) is 18.2 Å². The maximum atomic E-state index is 13.0. The van der Waals surface area contributed by atoms with E-state index >= 15 is 0 Å². The molecule has 0 aliphatic rings. The summed E-state index contributed by atoms with van der Waals surface area (Å²) in [4.78, 5) is 8.45. The molecule has 0 radical (unpaired) electrons. The number of hydrogen-bond acceptors (Lipinski definition) is 4. The van der Waals surface area contributed by atoms with Crippen molar-refractivity contribution in [1.29, 1.82) is 0 Å². The van der Waals surface area contributed by atoms with Gasteiger partial charge in [-0.15, -0.1) is 5.10 Å². The summed E-state index contributed by atoms with van der Waals surface area (Å²) in [5.74, 6) is 0.569. The Morgan fingerprint density at radius 1 is 0.963 bits per heavy atom. The summed E-state index contributed by atoms with van der Waals surface area (Å²) in [6.07, 6.45) is -1.19. The van der Waals surface area contributed by atoms with Crippen LogP contribution in [0.15, 0.2) is 67.0 Å². The molecule has 5 nitrogen and oxygen atoms in total. The van der Waals surface area contributed by atoms with Crippen molar-refractivity contribution in [1.82, 2.24) is 19.6 Å². The standard InChI is InChI=1S/C19H14F3N5/c20-19(21,22)14-5-3-4-13(10-14)16-12-25-18-8-7-17(26-27(16)18)24-11-15-6-1-2-9-23-15/h1-10,12H,11H2,(H,24,26). The molecule has 4 rings (SSSR count). The van der Waals surface area contributed by atoms with Crippen LogP contribution < -0.4 is 5.32 Å². The number of rotatable bonds is 4. The van der Waals surface area contributed by atoms with Crippen LogP contribution in [-0.2, 0) is 12.7 Å². The second kappa shape index (κ2) is 6.71. The van der Waals surface area contributed by atoms with Gasteiger partial charge in [-0.25, -0.2) is 9.50 Å². The lowest BCUT2D eigenvalue weighted by Crippen LogP contribution is -2.06. The van der Waals surface area contributed by atoms with Gasteiger partial charge in [0.1, 0.15) is 5.82 Å². The van der Waals surface area contributed by atoms with Gasteiger partial charge in [0.05, 0.1) is 29.7 Å². The molecule has 0 aliphatic carbocycles. The van der Waals surface area contributed by atoms with E-state index < -0.39 is 11.7 Å². The second-order valence-corrected chi connectivity index (χ2v) is 5.89. The highest BCUT2D eigenvalue weighted by atomic mass is 19.4. The summed E-state index contributed by atoms with van der Waals surface area (Å²) < 4.78 is 40.5. The molecular weight excluding hydrogens is 355 g/mol. The highest BCUT2D eigenvalue weighted by molar-refractivity contribution is 5.64. The van der Waals surface area contributed by atoms with Gasteiger partial charge in [-0.1, -0.05) is 18.2 Å². The molecule has 1 N–H and O–H groups in total. The van der Waals surface area contributed by atoms with Gasteiger partial charge in [0, 0.05) is 11.8 Å². The van der Waals surface area contributed by atoms with Crippen LogP contribution in [0.25, 0.3) is 16.9 Å². The predicted molar refractivity (Wildman–Crippen MR) is 95.0 cm³/mol. The van der Waals surface area contributed by atoms with Crippen LogP contribution in [0, 0.1) is 0 Å². The lowest BCUT2D eigenvalue weighted by molar-refractivity contribution is -0.137. The average molecular weight is 369 g/mol. The van der Waals surface area contributed by atoms with Crippen LogP contribution in [0.2, 0.25) is 0 Å². The number of anilines is 1. The largest absolute Gasteiger partial charge is 0.416 e. The summed E-state index contributed by atoms with van der Waals surface area (Å²) in [6, 6.07) is 14.2. The molecule has 27 heavy (non-hydrogen) atoms. The number of imidazole rings is 1. The number of aromatic nitrogens is 4. The van der Waals surface area contributed by atoms with Crippen molar-refractivity contribution < 1.29 is 13.2 Å². The topological polar surface area (TPSA) is 55.1 Å². The van der Waals surface area contributed by atoms with Crippen molar-refractivity contribution >= 4 is 11.5 Å². The van der Waals surface area contributed by atoms with E-state index in [1.165, 1.54) is 16.8 Å². The van der Waals surface area contributed by atoms with Crippen LogP contribution in [0.1, 0.15) is 11.3 Å². The van der Waals surface area contributed by atoms with Crippen LogP contribution in [-0.4, -0.2) is 19.6 Å². The molecule has 0 bridgehead atoms. The highest BCUT2D eigenvalue weighted by Gasteiger charge is 2.30. The zero-order valence-corrected chi connectivity index (χ0v) is 14.0. The van der Waals surface area contributed by atoms with Crippen LogP contribution in [0.3, 0.4) is 0 Å². The number of nitrogens with zero attached hydrogens (tertiary/aromatic N) is 4. The maximum Gasteiger partial charge on any atom is 0.416 e. The summed E-state index contributed by atoms with van der Waals surface area (Å²) in [5.41, 5.74) is 1.57. The molecule has 0 saturated heterocycles. The first-order valence-electron chi connectivity index (χ1n) is 8.17. The Morgan fingerprint density at radius 2 is 1.85 bits per heavy atom. The van der Waals surface area contributed by atoms with E-state index in [9.17, 15) is 13.2 Å². The van der Waals surface area contributed by atoms with E-state index in [-0.39, 0.29) is 0 Å². The van der Waals surface area contributed by atoms with Crippen LogP contribution in [0.4, 0.5) is 19.0 Å². The molecule has 8 heteroatoms. The fraction of sp³-hybridized carbons (Fsp3) is 0.105. The van der Waals surface area contributed by atoms with Crippen molar-refractivity contribution in [3.8, 4) is 11.3 Å². The first-order chi connectivity index (χ1) is 13.0. The third-order valence-electron chi connectivity index (χ3n) is 4.02. The Balaban J connectivity index is 1.66. The van der Waals surface area contributed by atoms with E-state index in [4.69, 9.17) is 0 Å². The number of halogens is 3. The van der Waals surface area contributed by atoms with Crippen LogP contribution in [0.5, 0.6) is 0 Å². The molecule has 0 amide bonds. The molecule has 0 unspecified atom stereocenters. The number of hydrogen-bond donors (Lipinski definition) is 1. The summed E-state index contributed by atoms with van der Waals surface area (Å²) in [6.45, 7) is 0.479. The SMILES string of the molecule is FC(F)(F)c1cccc(-c2cnc3ccc(NCc4ccccn4)nn23)c1. The van der Waals surface area contributed by atoms with E-state index in [0.717, 1.165) is 17.8 Å².